The summed E-state index contributed by atoms with van der Waals surface area (Å²) in [6.07, 6.45) is -0.0336. The lowest BCUT2D eigenvalue weighted by molar-refractivity contribution is -0.173. The van der Waals surface area contributed by atoms with Crippen molar-refractivity contribution in [2.75, 3.05) is 27.2 Å². The van der Waals surface area contributed by atoms with Crippen LogP contribution >= 0.6 is 0 Å². The Morgan fingerprint density at radius 2 is 2.30 bits per heavy atom. The van der Waals surface area contributed by atoms with E-state index in [4.69, 9.17) is 9.47 Å². The van der Waals surface area contributed by atoms with E-state index < -0.39 is 0 Å². The minimum Gasteiger partial charge on any atom is -0.356 e. The van der Waals surface area contributed by atoms with Crippen molar-refractivity contribution in [2.45, 2.75) is 12.3 Å². The molecule has 58 valence electrons. The highest BCUT2D eigenvalue weighted by molar-refractivity contribution is 6.11. The van der Waals surface area contributed by atoms with E-state index in [1.54, 1.807) is 7.11 Å². The minimum absolute atomic E-state index is 0.0336. The van der Waals surface area contributed by atoms with E-state index in [0.717, 1.165) is 13.1 Å². The summed E-state index contributed by atoms with van der Waals surface area (Å²) in [6.45, 7) is 1.88. The number of morpholine rings is 1. The fourth-order valence-corrected chi connectivity index (χ4v) is 1.24. The molecule has 0 saturated carbocycles. The van der Waals surface area contributed by atoms with Gasteiger partial charge in [-0.25, -0.2) is 0 Å². The van der Waals surface area contributed by atoms with Crippen LogP contribution in [-0.4, -0.2) is 52.3 Å². The van der Waals surface area contributed by atoms with Gasteiger partial charge in [-0.15, -0.1) is 0 Å². The Kier molecular flexibility index (Phi) is 2.71. The molecule has 0 aromatic heterocycles. The molecule has 0 amide bonds. The normalized spacial score (nSPS) is 36.2. The molecular formula is C6H14BNO2. The van der Waals surface area contributed by atoms with Gasteiger partial charge in [0, 0.05) is 26.2 Å². The van der Waals surface area contributed by atoms with E-state index in [-0.39, 0.29) is 6.29 Å². The van der Waals surface area contributed by atoms with E-state index in [1.807, 2.05) is 0 Å². The molecule has 3 nitrogen and oxygen atoms in total. The van der Waals surface area contributed by atoms with Crippen molar-refractivity contribution in [1.29, 1.82) is 0 Å². The molecule has 1 aliphatic heterocycles. The zero-order chi connectivity index (χ0) is 7.56. The van der Waals surface area contributed by atoms with Crippen molar-refractivity contribution < 1.29 is 9.47 Å². The Labute approximate surface area is 62.7 Å². The van der Waals surface area contributed by atoms with Crippen LogP contribution in [0.25, 0.3) is 0 Å². The first-order valence-corrected chi connectivity index (χ1v) is 3.59. The van der Waals surface area contributed by atoms with Gasteiger partial charge in [0.25, 0.3) is 0 Å². The number of hydrogen-bond acceptors (Lipinski definition) is 3. The Hall–Kier alpha value is -0.0551. The zero-order valence-corrected chi connectivity index (χ0v) is 6.83. The Morgan fingerprint density at radius 3 is 2.80 bits per heavy atom. The maximum atomic E-state index is 5.44. The van der Waals surface area contributed by atoms with Crippen LogP contribution in [0.2, 0.25) is 0 Å². The third-order valence-corrected chi connectivity index (χ3v) is 1.68. The Morgan fingerprint density at radius 1 is 1.60 bits per heavy atom. The number of hydrogen-bond donors (Lipinski definition) is 0. The monoisotopic (exact) mass is 143 g/mol. The van der Waals surface area contributed by atoms with Crippen molar-refractivity contribution in [3.8, 4) is 0 Å². The molecule has 10 heavy (non-hydrogen) atoms. The summed E-state index contributed by atoms with van der Waals surface area (Å²) < 4.78 is 10.5. The smallest absolute Gasteiger partial charge is 0.169 e. The summed E-state index contributed by atoms with van der Waals surface area (Å²) in [5.41, 5.74) is 0. The summed E-state index contributed by atoms with van der Waals surface area (Å²) in [4.78, 5) is 2.21. The molecule has 0 aliphatic carbocycles. The van der Waals surface area contributed by atoms with Gasteiger partial charge in [0.05, 0.1) is 0 Å². The van der Waals surface area contributed by atoms with Crippen LogP contribution in [0.1, 0.15) is 0 Å². The summed E-state index contributed by atoms with van der Waals surface area (Å²) in [5, 5.41) is 0. The summed E-state index contributed by atoms with van der Waals surface area (Å²) in [7, 11) is 5.81. The zero-order valence-electron chi connectivity index (χ0n) is 6.83. The van der Waals surface area contributed by atoms with Crippen molar-refractivity contribution in [2.24, 2.45) is 0 Å². The van der Waals surface area contributed by atoms with Crippen LogP contribution in [0, 0.1) is 0 Å². The average molecular weight is 143 g/mol. The number of likely N-dealkylation sites (N-methyl/N-ethyl adjacent to an activating group) is 1. The molecule has 0 radical (unpaired) electrons. The van der Waals surface area contributed by atoms with Gasteiger partial charge in [-0.05, 0) is 7.05 Å². The van der Waals surface area contributed by atoms with Crippen molar-refractivity contribution in [3.05, 3.63) is 0 Å². The molecule has 1 heterocycles. The minimum atomic E-state index is -0.0336. The van der Waals surface area contributed by atoms with E-state index in [2.05, 4.69) is 19.8 Å². The summed E-state index contributed by atoms with van der Waals surface area (Å²) in [6, 6.07) is 0.295. The summed E-state index contributed by atoms with van der Waals surface area (Å²) in [5.74, 6) is 0. The van der Waals surface area contributed by atoms with Gasteiger partial charge < -0.3 is 9.47 Å². The first-order chi connectivity index (χ1) is 4.72. The van der Waals surface area contributed by atoms with Gasteiger partial charge >= 0.3 is 0 Å². The molecule has 2 unspecified atom stereocenters. The van der Waals surface area contributed by atoms with Gasteiger partial charge in [-0.1, -0.05) is 0 Å². The van der Waals surface area contributed by atoms with Crippen LogP contribution in [-0.2, 0) is 9.47 Å². The molecule has 1 fully saturated rings. The SMILES string of the molecule is BC1CN(C)CC(OC)O1. The maximum Gasteiger partial charge on any atom is 0.169 e. The second-order valence-corrected chi connectivity index (χ2v) is 2.83. The highest BCUT2D eigenvalue weighted by atomic mass is 16.7. The predicted molar refractivity (Wildman–Crippen MR) is 41.7 cm³/mol. The van der Waals surface area contributed by atoms with E-state index in [0.29, 0.717) is 6.00 Å². The molecule has 0 spiro atoms. The topological polar surface area (TPSA) is 21.7 Å². The maximum absolute atomic E-state index is 5.44. The number of nitrogens with zero attached hydrogens (tertiary/aromatic N) is 1. The summed E-state index contributed by atoms with van der Waals surface area (Å²) >= 11 is 0. The predicted octanol–water partition coefficient (Wildman–Crippen LogP) is -1.12. The van der Waals surface area contributed by atoms with Gasteiger partial charge in [0.1, 0.15) is 7.85 Å². The van der Waals surface area contributed by atoms with Crippen LogP contribution in [0.4, 0.5) is 0 Å². The van der Waals surface area contributed by atoms with Crippen LogP contribution in [0.15, 0.2) is 0 Å². The highest BCUT2D eigenvalue weighted by Crippen LogP contribution is 2.06. The molecule has 0 aromatic rings. The largest absolute Gasteiger partial charge is 0.356 e. The molecule has 1 aliphatic rings. The van der Waals surface area contributed by atoms with Crippen molar-refractivity contribution in [1.82, 2.24) is 4.90 Å². The lowest BCUT2D eigenvalue weighted by Gasteiger charge is -2.33. The van der Waals surface area contributed by atoms with E-state index in [1.165, 1.54) is 0 Å². The molecule has 0 N–H and O–H groups in total. The van der Waals surface area contributed by atoms with Gasteiger partial charge in [-0.3, -0.25) is 4.90 Å². The standard InChI is InChI=1S/C6H14BNO2/c1-8-3-5(7)10-6(4-8)9-2/h5-6H,3-4,7H2,1-2H3. The second-order valence-electron chi connectivity index (χ2n) is 2.83. The molecule has 0 bridgehead atoms. The Balaban J connectivity index is 2.35. The Bertz CT molecular complexity index is 102. The van der Waals surface area contributed by atoms with Crippen LogP contribution < -0.4 is 0 Å². The van der Waals surface area contributed by atoms with E-state index >= 15 is 0 Å². The molecule has 4 heteroatoms. The quantitative estimate of drug-likeness (QED) is 0.434. The first-order valence-electron chi connectivity index (χ1n) is 3.59. The van der Waals surface area contributed by atoms with Crippen molar-refractivity contribution in [3.63, 3.8) is 0 Å². The van der Waals surface area contributed by atoms with Crippen LogP contribution in [0.3, 0.4) is 0 Å². The van der Waals surface area contributed by atoms with Gasteiger partial charge in [0.15, 0.2) is 6.29 Å². The number of ether oxygens (including phenoxy) is 2. The number of methoxy groups -OCH3 is 1. The molecule has 1 saturated heterocycles. The van der Waals surface area contributed by atoms with E-state index in [9.17, 15) is 0 Å². The molecule has 1 rings (SSSR count). The van der Waals surface area contributed by atoms with Crippen LogP contribution in [0.5, 0.6) is 0 Å². The number of rotatable bonds is 1. The van der Waals surface area contributed by atoms with Gasteiger partial charge in [0.2, 0.25) is 0 Å². The third-order valence-electron chi connectivity index (χ3n) is 1.68. The van der Waals surface area contributed by atoms with Gasteiger partial charge in [-0.2, -0.15) is 0 Å². The highest BCUT2D eigenvalue weighted by Gasteiger charge is 2.21. The average Bonchev–Trinajstić information content (AvgIpc) is 1.85. The fourth-order valence-electron chi connectivity index (χ4n) is 1.24. The molecular weight excluding hydrogens is 129 g/mol. The lowest BCUT2D eigenvalue weighted by Crippen LogP contribution is -2.46. The third kappa shape index (κ3) is 1.97. The molecule has 2 atom stereocenters. The lowest BCUT2D eigenvalue weighted by atomic mass is 9.99. The fraction of sp³-hybridized carbons (Fsp3) is 1.00. The second kappa shape index (κ2) is 3.37. The first kappa shape index (κ1) is 8.05. The van der Waals surface area contributed by atoms with Crippen molar-refractivity contribution >= 4 is 7.85 Å². The molecule has 0 aromatic carbocycles.